The average molecular weight is 787 g/mol. The predicted octanol–water partition coefficient (Wildman–Crippen LogP) is 4.88. The van der Waals surface area contributed by atoms with Gasteiger partial charge in [0.15, 0.2) is 11.6 Å². The summed E-state index contributed by atoms with van der Waals surface area (Å²) in [5.74, 6) is -0.192. The zero-order chi connectivity index (χ0) is 40.3. The molecule has 4 aromatic rings. The predicted molar refractivity (Wildman–Crippen MR) is 225 cm³/mol. The average Bonchev–Trinajstić information content (AvgIpc) is 3.21. The van der Waals surface area contributed by atoms with Crippen molar-refractivity contribution in [2.45, 2.75) is 51.5 Å². The van der Waals surface area contributed by atoms with Gasteiger partial charge in [-0.1, -0.05) is 0 Å². The first-order valence-corrected chi connectivity index (χ1v) is 20.6. The molecular weight excluding hydrogens is 736 g/mol. The molecular formula is C44H51FN10O3. The lowest BCUT2D eigenvalue weighted by Crippen LogP contribution is -2.61. The number of nitriles is 1. The maximum atomic E-state index is 15.2. The Morgan fingerprint density at radius 3 is 2.41 bits per heavy atom. The molecule has 4 fully saturated rings. The zero-order valence-electron chi connectivity index (χ0n) is 33.6. The Hall–Kier alpha value is -5.68. The quantitative estimate of drug-likeness (QED) is 0.249. The number of amides is 2. The molecule has 7 heterocycles. The normalized spacial score (nSPS) is 21.2. The Morgan fingerprint density at radius 1 is 0.914 bits per heavy atom. The number of rotatable bonds is 7. The highest BCUT2D eigenvalue weighted by Crippen LogP contribution is 2.45. The Morgan fingerprint density at radius 2 is 1.69 bits per heavy atom. The monoisotopic (exact) mass is 786 g/mol. The smallest absolute Gasteiger partial charge is 0.253 e. The number of halogens is 1. The fraction of sp³-hybridized carbons (Fsp3) is 0.477. The second kappa shape index (κ2) is 14.9. The van der Waals surface area contributed by atoms with Gasteiger partial charge in [0.25, 0.3) is 5.56 Å². The van der Waals surface area contributed by atoms with E-state index in [-0.39, 0.29) is 17.9 Å². The number of aryl methyl sites for hydroxylation is 2. The van der Waals surface area contributed by atoms with E-state index in [4.69, 9.17) is 0 Å². The van der Waals surface area contributed by atoms with Crippen LogP contribution in [0.15, 0.2) is 53.5 Å². The Balaban J connectivity index is 0.824. The Labute approximate surface area is 338 Å². The van der Waals surface area contributed by atoms with Gasteiger partial charge in [0.2, 0.25) is 11.8 Å². The van der Waals surface area contributed by atoms with Crippen molar-refractivity contribution >= 4 is 57.0 Å². The van der Waals surface area contributed by atoms with Crippen LogP contribution >= 0.6 is 0 Å². The van der Waals surface area contributed by atoms with Crippen LogP contribution in [-0.2, 0) is 16.6 Å². The molecule has 2 N–H and O–H groups in total. The summed E-state index contributed by atoms with van der Waals surface area (Å²) in [5.41, 5.74) is 7.30. The molecule has 1 spiro atoms. The molecule has 0 radical (unpaired) electrons. The third-order valence-electron chi connectivity index (χ3n) is 13.4. The minimum absolute atomic E-state index is 0.0121. The molecule has 1 atom stereocenters. The number of anilines is 6. The zero-order valence-corrected chi connectivity index (χ0v) is 33.6. The summed E-state index contributed by atoms with van der Waals surface area (Å²) in [6.07, 6.45) is 6.39. The van der Waals surface area contributed by atoms with E-state index in [1.54, 1.807) is 10.8 Å². The second-order valence-electron chi connectivity index (χ2n) is 17.2. The van der Waals surface area contributed by atoms with Crippen LogP contribution in [0.25, 0.3) is 10.9 Å². The summed E-state index contributed by atoms with van der Waals surface area (Å²) in [6.45, 7) is 10.2. The van der Waals surface area contributed by atoms with Crippen LogP contribution in [0, 0.1) is 35.4 Å². The van der Waals surface area contributed by atoms with Gasteiger partial charge < -0.3 is 34.4 Å². The molecule has 14 heteroatoms. The first kappa shape index (κ1) is 37.9. The molecule has 1 unspecified atom stereocenters. The van der Waals surface area contributed by atoms with Crippen LogP contribution in [0.3, 0.4) is 0 Å². The largest absolute Gasteiger partial charge is 0.372 e. The Bertz CT molecular complexity index is 2390. The molecule has 302 valence electrons. The number of pyridine rings is 2. The fourth-order valence-corrected chi connectivity index (χ4v) is 10.0. The highest BCUT2D eigenvalue weighted by Gasteiger charge is 2.45. The number of fused-ring (bicyclic) bond motifs is 2. The van der Waals surface area contributed by atoms with Crippen molar-refractivity contribution in [3.8, 4) is 6.07 Å². The van der Waals surface area contributed by atoms with Crippen molar-refractivity contribution in [1.82, 2.24) is 19.8 Å². The standard InChI is InChI=1S/C44H51FN10O3/c1-28-18-33-37(51(3)43(28)58)21-32(22-38(33)55-17-16-50(2)36-6-4-30(23-46)19-39(36)55)53-14-10-44(11-15-53)26-52(27-44)25-29-8-12-54(13-9-29)41-34(45)20-31(24-47-41)48-35-5-7-40(56)49-42(35)57/h4,6,18-22,24,29,35,48H,5,7-17,25-27H2,1-3H3,(H,49,56,57). The molecule has 5 aliphatic rings. The third-order valence-corrected chi connectivity index (χ3v) is 13.4. The van der Waals surface area contributed by atoms with Crippen LogP contribution < -0.4 is 35.8 Å². The molecule has 4 saturated heterocycles. The summed E-state index contributed by atoms with van der Waals surface area (Å²) in [7, 11) is 3.96. The molecule has 0 saturated carbocycles. The van der Waals surface area contributed by atoms with Crippen molar-refractivity contribution in [1.29, 1.82) is 5.26 Å². The van der Waals surface area contributed by atoms with Gasteiger partial charge >= 0.3 is 0 Å². The van der Waals surface area contributed by atoms with E-state index in [9.17, 15) is 19.6 Å². The van der Waals surface area contributed by atoms with Crippen molar-refractivity contribution < 1.29 is 14.0 Å². The highest BCUT2D eigenvalue weighted by molar-refractivity contribution is 6.01. The number of nitrogens with zero attached hydrogens (tertiary/aromatic N) is 8. The number of hydrogen-bond donors (Lipinski definition) is 2. The Kier molecular flexibility index (Phi) is 9.74. The van der Waals surface area contributed by atoms with Gasteiger partial charge in [0.1, 0.15) is 6.04 Å². The van der Waals surface area contributed by atoms with Crippen molar-refractivity contribution in [2.24, 2.45) is 18.4 Å². The van der Waals surface area contributed by atoms with E-state index >= 15 is 4.39 Å². The van der Waals surface area contributed by atoms with Gasteiger partial charge in [-0.05, 0) is 86.8 Å². The summed E-state index contributed by atoms with van der Waals surface area (Å²) in [5, 5.41) is 16.1. The van der Waals surface area contributed by atoms with Gasteiger partial charge in [0.05, 0.1) is 46.1 Å². The van der Waals surface area contributed by atoms with Crippen LogP contribution in [0.2, 0.25) is 0 Å². The lowest BCUT2D eigenvalue weighted by atomic mass is 9.71. The van der Waals surface area contributed by atoms with E-state index in [0.29, 0.717) is 40.4 Å². The van der Waals surface area contributed by atoms with Gasteiger partial charge in [-0.25, -0.2) is 9.37 Å². The number of imide groups is 1. The van der Waals surface area contributed by atoms with Gasteiger partial charge in [0, 0.05) is 102 Å². The molecule has 5 aliphatic heterocycles. The first-order valence-electron chi connectivity index (χ1n) is 20.6. The topological polar surface area (TPSA) is 133 Å². The maximum Gasteiger partial charge on any atom is 0.253 e. The minimum atomic E-state index is -0.582. The van der Waals surface area contributed by atoms with Crippen LogP contribution in [-0.4, -0.2) is 98.3 Å². The van der Waals surface area contributed by atoms with E-state index in [1.807, 2.05) is 43.1 Å². The van der Waals surface area contributed by atoms with Gasteiger partial charge in [-0.15, -0.1) is 0 Å². The van der Waals surface area contributed by atoms with Crippen LogP contribution in [0.4, 0.5) is 38.6 Å². The van der Waals surface area contributed by atoms with E-state index in [2.05, 4.69) is 60.5 Å². The van der Waals surface area contributed by atoms with Crippen LogP contribution in [0.1, 0.15) is 49.7 Å². The summed E-state index contributed by atoms with van der Waals surface area (Å²) < 4.78 is 17.0. The number of benzene rings is 2. The molecule has 0 bridgehead atoms. The van der Waals surface area contributed by atoms with Crippen molar-refractivity contribution in [2.75, 3.05) is 90.9 Å². The number of carbonyl (C=O) groups excluding carboxylic acids is 2. The number of nitrogens with one attached hydrogen (secondary N) is 2. The number of piperidine rings is 3. The second-order valence-corrected chi connectivity index (χ2v) is 17.2. The third kappa shape index (κ3) is 6.99. The molecule has 0 aliphatic carbocycles. The van der Waals surface area contributed by atoms with E-state index in [0.717, 1.165) is 118 Å². The summed E-state index contributed by atoms with van der Waals surface area (Å²) in [6, 6.07) is 15.5. The molecule has 9 rings (SSSR count). The van der Waals surface area contributed by atoms with Crippen molar-refractivity contribution in [3.63, 3.8) is 0 Å². The SMILES string of the molecule is Cc1cc2c(N3CCN(C)c4ccc(C#N)cc43)cc(N3CCC4(CC3)CN(CC3CCN(c5ncc(NC6CCC(=O)NC6=O)cc5F)CC3)C4)cc2n(C)c1=O. The number of carbonyl (C=O) groups is 2. The molecule has 2 aromatic heterocycles. The number of aromatic nitrogens is 2. The number of likely N-dealkylation sites (tertiary alicyclic amines) is 1. The minimum Gasteiger partial charge on any atom is -0.372 e. The molecule has 13 nitrogen and oxygen atoms in total. The van der Waals surface area contributed by atoms with Crippen molar-refractivity contribution in [3.05, 3.63) is 76.0 Å². The van der Waals surface area contributed by atoms with Gasteiger partial charge in [-0.3, -0.25) is 19.7 Å². The van der Waals surface area contributed by atoms with Gasteiger partial charge in [-0.2, -0.15) is 5.26 Å². The fourth-order valence-electron chi connectivity index (χ4n) is 10.0. The van der Waals surface area contributed by atoms with E-state index in [1.165, 1.54) is 6.07 Å². The lowest BCUT2D eigenvalue weighted by molar-refractivity contribution is -0.133. The maximum absolute atomic E-state index is 15.2. The first-order chi connectivity index (χ1) is 28.0. The van der Waals surface area contributed by atoms with Crippen LogP contribution in [0.5, 0.6) is 0 Å². The lowest BCUT2D eigenvalue weighted by Gasteiger charge is -2.55. The molecule has 2 aromatic carbocycles. The summed E-state index contributed by atoms with van der Waals surface area (Å²) >= 11 is 0. The van der Waals surface area contributed by atoms with E-state index < -0.39 is 17.8 Å². The highest BCUT2D eigenvalue weighted by atomic mass is 19.1. The summed E-state index contributed by atoms with van der Waals surface area (Å²) in [4.78, 5) is 52.9. The number of hydrogen-bond acceptors (Lipinski definition) is 11. The molecule has 2 amide bonds. The molecule has 58 heavy (non-hydrogen) atoms. The number of likely N-dealkylation sites (N-methyl/N-ethyl adjacent to an activating group) is 1.